The van der Waals surface area contributed by atoms with Crippen LogP contribution in [-0.2, 0) is 20.9 Å². The monoisotopic (exact) mass is 553 g/mol. The predicted octanol–water partition coefficient (Wildman–Crippen LogP) is 5.64. The van der Waals surface area contributed by atoms with Crippen molar-refractivity contribution >= 4 is 11.9 Å². The lowest BCUT2D eigenvalue weighted by atomic mass is 9.83. The van der Waals surface area contributed by atoms with Gasteiger partial charge in [0.15, 0.2) is 0 Å². The summed E-state index contributed by atoms with van der Waals surface area (Å²) >= 11 is 0. The van der Waals surface area contributed by atoms with Crippen LogP contribution in [0.3, 0.4) is 0 Å². The summed E-state index contributed by atoms with van der Waals surface area (Å²) in [7, 11) is 0. The fourth-order valence-corrected chi connectivity index (χ4v) is 5.80. The molecule has 1 heterocycles. The van der Waals surface area contributed by atoms with Crippen molar-refractivity contribution < 1.29 is 14.3 Å². The van der Waals surface area contributed by atoms with E-state index in [0.29, 0.717) is 32.0 Å². The smallest absolute Gasteiger partial charge is 0.315 e. The van der Waals surface area contributed by atoms with Crippen LogP contribution < -0.4 is 10.9 Å². The summed E-state index contributed by atoms with van der Waals surface area (Å²) in [5.41, 5.74) is 3.08. The number of carbonyl (C=O) groups is 2. The summed E-state index contributed by atoms with van der Waals surface area (Å²) in [6, 6.07) is 21.2. The van der Waals surface area contributed by atoms with E-state index >= 15 is 0 Å². The van der Waals surface area contributed by atoms with Gasteiger partial charge in [0, 0.05) is 18.2 Å². The molecule has 1 unspecified atom stereocenters. The molecule has 3 aromatic rings. The fraction of sp³-hybridized carbons (Fsp3) is 0.412. The van der Waals surface area contributed by atoms with Gasteiger partial charge in [-0.3, -0.25) is 14.4 Å². The van der Waals surface area contributed by atoms with E-state index in [1.165, 1.54) is 4.68 Å². The Morgan fingerprint density at radius 3 is 2.46 bits per heavy atom. The molecule has 1 amide bonds. The number of nitrogens with zero attached hydrogens (tertiary/aromatic N) is 2. The Bertz CT molecular complexity index is 1420. The number of hydrogen-bond donors (Lipinski definition) is 1. The number of amides is 1. The van der Waals surface area contributed by atoms with Crippen molar-refractivity contribution in [2.75, 3.05) is 13.2 Å². The van der Waals surface area contributed by atoms with Crippen molar-refractivity contribution in [2.24, 2.45) is 11.3 Å². The first kappa shape index (κ1) is 28.5. The summed E-state index contributed by atoms with van der Waals surface area (Å²) in [6.45, 7) is 3.11. The SMILES string of the molecule is CCOC(=O)C1(/C=C\CCNC(=O)C(c2ccc(Cn3nc(-c4ccccc4)ccc3=O)cc2)C2CCCC2)CC1. The van der Waals surface area contributed by atoms with Crippen LogP contribution in [0.1, 0.15) is 68.9 Å². The normalized spacial score (nSPS) is 16.9. The van der Waals surface area contributed by atoms with Crippen LogP contribution in [0, 0.1) is 11.3 Å². The van der Waals surface area contributed by atoms with Crippen molar-refractivity contribution in [3.05, 3.63) is 100 Å². The maximum absolute atomic E-state index is 13.4. The third-order valence-corrected chi connectivity index (χ3v) is 8.28. The fourth-order valence-electron chi connectivity index (χ4n) is 5.80. The molecule has 1 aromatic heterocycles. The zero-order chi connectivity index (χ0) is 28.7. The van der Waals surface area contributed by atoms with Crippen LogP contribution in [-0.4, -0.2) is 34.8 Å². The van der Waals surface area contributed by atoms with Gasteiger partial charge in [0.2, 0.25) is 5.91 Å². The Kier molecular flexibility index (Phi) is 9.12. The number of benzene rings is 2. The van der Waals surface area contributed by atoms with Gasteiger partial charge >= 0.3 is 5.97 Å². The van der Waals surface area contributed by atoms with E-state index in [2.05, 4.69) is 10.4 Å². The molecule has 2 fully saturated rings. The first-order valence-corrected chi connectivity index (χ1v) is 14.8. The Morgan fingerprint density at radius 1 is 1.05 bits per heavy atom. The van der Waals surface area contributed by atoms with Gasteiger partial charge in [-0.25, -0.2) is 4.68 Å². The summed E-state index contributed by atoms with van der Waals surface area (Å²) < 4.78 is 6.68. The Hall–Kier alpha value is -4.00. The van der Waals surface area contributed by atoms with E-state index in [4.69, 9.17) is 4.74 Å². The quantitative estimate of drug-likeness (QED) is 0.178. The minimum atomic E-state index is -0.447. The predicted molar refractivity (Wildman–Crippen MR) is 159 cm³/mol. The molecule has 1 N–H and O–H groups in total. The van der Waals surface area contributed by atoms with Crippen molar-refractivity contribution in [3.8, 4) is 11.3 Å². The van der Waals surface area contributed by atoms with Gasteiger partial charge in [-0.15, -0.1) is 0 Å². The molecule has 0 aliphatic heterocycles. The van der Waals surface area contributed by atoms with Gasteiger partial charge in [-0.05, 0) is 62.1 Å². The van der Waals surface area contributed by atoms with E-state index < -0.39 is 5.41 Å². The van der Waals surface area contributed by atoms with Crippen LogP contribution in [0.2, 0.25) is 0 Å². The third kappa shape index (κ3) is 7.02. The van der Waals surface area contributed by atoms with Gasteiger partial charge < -0.3 is 10.1 Å². The number of aromatic nitrogens is 2. The van der Waals surface area contributed by atoms with Crippen molar-refractivity contribution in [1.82, 2.24) is 15.1 Å². The molecule has 2 saturated carbocycles. The Labute approximate surface area is 241 Å². The van der Waals surface area contributed by atoms with Gasteiger partial charge in [-0.1, -0.05) is 79.6 Å². The Morgan fingerprint density at radius 2 is 1.78 bits per heavy atom. The molecular formula is C34H39N3O4. The molecule has 0 spiro atoms. The summed E-state index contributed by atoms with van der Waals surface area (Å²) in [4.78, 5) is 38.1. The molecule has 5 rings (SSSR count). The Balaban J connectivity index is 1.22. The molecule has 1 atom stereocenters. The molecule has 7 nitrogen and oxygen atoms in total. The van der Waals surface area contributed by atoms with Crippen molar-refractivity contribution in [1.29, 1.82) is 0 Å². The molecule has 2 aromatic carbocycles. The maximum Gasteiger partial charge on any atom is 0.315 e. The molecule has 0 saturated heterocycles. The number of esters is 1. The summed E-state index contributed by atoms with van der Waals surface area (Å²) in [5, 5.41) is 7.72. The van der Waals surface area contributed by atoms with Gasteiger partial charge in [0.25, 0.3) is 5.56 Å². The topological polar surface area (TPSA) is 90.3 Å². The third-order valence-electron chi connectivity index (χ3n) is 8.28. The number of hydrogen-bond acceptors (Lipinski definition) is 5. The second kappa shape index (κ2) is 13.1. The van der Waals surface area contributed by atoms with Crippen LogP contribution >= 0.6 is 0 Å². The lowest BCUT2D eigenvalue weighted by Crippen LogP contribution is -2.33. The average molecular weight is 554 g/mol. The van der Waals surface area contributed by atoms with E-state index in [-0.39, 0.29) is 23.4 Å². The number of carbonyl (C=O) groups excluding carboxylic acids is 2. The van der Waals surface area contributed by atoms with E-state index in [1.54, 1.807) is 12.1 Å². The molecule has 41 heavy (non-hydrogen) atoms. The van der Waals surface area contributed by atoms with Crippen molar-refractivity contribution in [2.45, 2.75) is 64.3 Å². The van der Waals surface area contributed by atoms with Crippen LogP contribution in [0.4, 0.5) is 0 Å². The van der Waals surface area contributed by atoms with E-state index in [1.807, 2.05) is 73.7 Å². The maximum atomic E-state index is 13.4. The van der Waals surface area contributed by atoms with E-state index in [0.717, 1.165) is 60.9 Å². The van der Waals surface area contributed by atoms with Gasteiger partial charge in [0.05, 0.1) is 30.2 Å². The summed E-state index contributed by atoms with van der Waals surface area (Å²) in [5.74, 6) is 0.0292. The highest BCUT2D eigenvalue weighted by Gasteiger charge is 2.48. The minimum absolute atomic E-state index is 0.0537. The highest BCUT2D eigenvalue weighted by atomic mass is 16.5. The second-order valence-corrected chi connectivity index (χ2v) is 11.2. The summed E-state index contributed by atoms with van der Waals surface area (Å²) in [6.07, 6.45) is 10.7. The molecule has 7 heteroatoms. The lowest BCUT2D eigenvalue weighted by Gasteiger charge is -2.23. The minimum Gasteiger partial charge on any atom is -0.465 e. The lowest BCUT2D eigenvalue weighted by molar-refractivity contribution is -0.147. The average Bonchev–Trinajstić information content (AvgIpc) is 3.60. The van der Waals surface area contributed by atoms with Crippen LogP contribution in [0.5, 0.6) is 0 Å². The zero-order valence-electron chi connectivity index (χ0n) is 23.8. The number of ether oxygens (including phenoxy) is 1. The zero-order valence-corrected chi connectivity index (χ0v) is 23.8. The van der Waals surface area contributed by atoms with Crippen molar-refractivity contribution in [3.63, 3.8) is 0 Å². The largest absolute Gasteiger partial charge is 0.465 e. The molecular weight excluding hydrogens is 514 g/mol. The molecule has 2 aliphatic carbocycles. The van der Waals surface area contributed by atoms with Gasteiger partial charge in [-0.2, -0.15) is 5.10 Å². The van der Waals surface area contributed by atoms with Gasteiger partial charge in [0.1, 0.15) is 0 Å². The first-order valence-electron chi connectivity index (χ1n) is 14.8. The molecule has 214 valence electrons. The standard InChI is InChI=1S/C34H39N3O4/c1-2-41-33(40)34(21-22-34)20-8-9-23-35-32(39)31(27-12-6-7-13-27)28-16-14-25(15-17-28)24-37-30(38)19-18-29(36-37)26-10-4-3-5-11-26/h3-5,8,10-11,14-20,27,31H,2,6-7,9,12-13,21-24H2,1H3,(H,35,39)/b20-8-. The molecule has 0 radical (unpaired) electrons. The first-order chi connectivity index (χ1) is 20.0. The number of nitrogens with one attached hydrogen (secondary N) is 1. The van der Waals surface area contributed by atoms with Crippen LogP contribution in [0.25, 0.3) is 11.3 Å². The highest BCUT2D eigenvalue weighted by Crippen LogP contribution is 2.48. The number of rotatable bonds is 12. The molecule has 0 bridgehead atoms. The highest BCUT2D eigenvalue weighted by molar-refractivity contribution is 5.84. The molecule has 2 aliphatic rings. The van der Waals surface area contributed by atoms with E-state index in [9.17, 15) is 14.4 Å². The van der Waals surface area contributed by atoms with Crippen LogP contribution in [0.15, 0.2) is 83.7 Å². The second-order valence-electron chi connectivity index (χ2n) is 11.2.